The zero-order valence-corrected chi connectivity index (χ0v) is 14.0. The molecule has 1 aliphatic carbocycles. The topological polar surface area (TPSA) is 40.5 Å². The Morgan fingerprint density at radius 3 is 2.04 bits per heavy atom. The Bertz CT molecular complexity index is 1360. The molecule has 2 nitrogen and oxygen atoms in total. The van der Waals surface area contributed by atoms with Crippen molar-refractivity contribution < 1.29 is 10.2 Å². The first-order valence-electron chi connectivity index (χ1n) is 8.90. The number of fused-ring (bicyclic) bond motifs is 5. The summed E-state index contributed by atoms with van der Waals surface area (Å²) in [5.41, 5.74) is 1.81. The minimum atomic E-state index is -0.882. The predicted octanol–water partition coefficient (Wildman–Crippen LogP) is 5.16. The van der Waals surface area contributed by atoms with Crippen molar-refractivity contribution in [1.82, 2.24) is 0 Å². The van der Waals surface area contributed by atoms with Gasteiger partial charge < -0.3 is 10.2 Å². The van der Waals surface area contributed by atoms with Crippen LogP contribution in [0, 0.1) is 0 Å². The van der Waals surface area contributed by atoms with Gasteiger partial charge >= 0.3 is 0 Å². The molecule has 0 amide bonds. The van der Waals surface area contributed by atoms with Crippen LogP contribution < -0.4 is 0 Å². The summed E-state index contributed by atoms with van der Waals surface area (Å²) in [4.78, 5) is 0. The van der Waals surface area contributed by atoms with Crippen LogP contribution in [0.1, 0.15) is 17.2 Å². The van der Waals surface area contributed by atoms with E-state index in [4.69, 9.17) is 0 Å². The molecule has 5 aromatic rings. The minimum absolute atomic E-state index is 0.794. The molecule has 2 atom stereocenters. The highest BCUT2D eigenvalue weighted by Gasteiger charge is 2.25. The van der Waals surface area contributed by atoms with E-state index in [1.54, 1.807) is 6.08 Å². The molecule has 5 aromatic carbocycles. The van der Waals surface area contributed by atoms with E-state index in [2.05, 4.69) is 54.6 Å². The van der Waals surface area contributed by atoms with Crippen LogP contribution in [0.4, 0.5) is 0 Å². The second kappa shape index (κ2) is 4.82. The quantitative estimate of drug-likeness (QED) is 0.303. The van der Waals surface area contributed by atoms with Gasteiger partial charge in [0.15, 0.2) is 0 Å². The van der Waals surface area contributed by atoms with Crippen molar-refractivity contribution in [2.24, 2.45) is 0 Å². The number of hydrogen-bond acceptors (Lipinski definition) is 2. The van der Waals surface area contributed by atoms with E-state index in [0.29, 0.717) is 0 Å². The van der Waals surface area contributed by atoms with E-state index < -0.39 is 12.2 Å². The molecule has 0 aliphatic heterocycles. The monoisotopic (exact) mass is 336 g/mol. The van der Waals surface area contributed by atoms with Crippen LogP contribution in [0.3, 0.4) is 0 Å². The molecule has 0 saturated heterocycles. The molecule has 1 aliphatic rings. The molecular formula is C24H16O2. The lowest BCUT2D eigenvalue weighted by atomic mass is 9.83. The maximum atomic E-state index is 10.5. The number of hydrogen-bond donors (Lipinski definition) is 2. The number of aliphatic hydroxyl groups is 2. The zero-order valence-electron chi connectivity index (χ0n) is 14.0. The summed E-state index contributed by atoms with van der Waals surface area (Å²) in [7, 11) is 0. The second-order valence-electron chi connectivity index (χ2n) is 7.16. The summed E-state index contributed by atoms with van der Waals surface area (Å²) in [6, 6.07) is 21.3. The van der Waals surface area contributed by atoms with Gasteiger partial charge in [-0.05, 0) is 54.2 Å². The normalized spacial score (nSPS) is 19.8. The Kier molecular flexibility index (Phi) is 2.64. The van der Waals surface area contributed by atoms with Crippen molar-refractivity contribution in [3.8, 4) is 0 Å². The van der Waals surface area contributed by atoms with Crippen LogP contribution in [0.15, 0.2) is 66.7 Å². The van der Waals surface area contributed by atoms with E-state index in [0.717, 1.165) is 16.5 Å². The first-order valence-corrected chi connectivity index (χ1v) is 8.90. The fraction of sp³-hybridized carbons (Fsp3) is 0.0833. The molecule has 26 heavy (non-hydrogen) atoms. The molecular weight excluding hydrogens is 320 g/mol. The van der Waals surface area contributed by atoms with Gasteiger partial charge in [0.1, 0.15) is 12.2 Å². The Morgan fingerprint density at radius 2 is 1.27 bits per heavy atom. The summed E-state index contributed by atoms with van der Waals surface area (Å²) in [5.74, 6) is 0. The van der Waals surface area contributed by atoms with Crippen LogP contribution >= 0.6 is 0 Å². The van der Waals surface area contributed by atoms with Crippen molar-refractivity contribution in [2.75, 3.05) is 0 Å². The lowest BCUT2D eigenvalue weighted by Crippen LogP contribution is -2.19. The molecule has 0 fully saturated rings. The Balaban J connectivity index is 1.97. The Morgan fingerprint density at radius 1 is 0.615 bits per heavy atom. The molecule has 0 radical (unpaired) electrons. The van der Waals surface area contributed by atoms with E-state index >= 15 is 0 Å². The minimum Gasteiger partial charge on any atom is -0.386 e. The summed E-state index contributed by atoms with van der Waals surface area (Å²) in [5, 5.41) is 30.3. The largest absolute Gasteiger partial charge is 0.386 e. The molecule has 2 heteroatoms. The second-order valence-corrected chi connectivity index (χ2v) is 7.16. The van der Waals surface area contributed by atoms with Crippen molar-refractivity contribution in [3.63, 3.8) is 0 Å². The molecule has 0 aromatic heterocycles. The predicted molar refractivity (Wildman–Crippen MR) is 108 cm³/mol. The average Bonchev–Trinajstić information content (AvgIpc) is 2.69. The lowest BCUT2D eigenvalue weighted by Gasteiger charge is -2.24. The lowest BCUT2D eigenvalue weighted by molar-refractivity contribution is 0.0471. The molecule has 0 spiro atoms. The molecule has 0 heterocycles. The van der Waals surface area contributed by atoms with Crippen molar-refractivity contribution in [1.29, 1.82) is 0 Å². The molecule has 0 unspecified atom stereocenters. The van der Waals surface area contributed by atoms with Gasteiger partial charge in [0, 0.05) is 0 Å². The number of benzene rings is 5. The summed E-state index contributed by atoms with van der Waals surface area (Å²) in [6.07, 6.45) is 1.91. The fourth-order valence-corrected chi connectivity index (χ4v) is 4.66. The van der Waals surface area contributed by atoms with Crippen LogP contribution in [0.5, 0.6) is 0 Å². The van der Waals surface area contributed by atoms with Gasteiger partial charge in [-0.2, -0.15) is 0 Å². The van der Waals surface area contributed by atoms with Gasteiger partial charge in [-0.3, -0.25) is 0 Å². The van der Waals surface area contributed by atoms with Gasteiger partial charge in [0.25, 0.3) is 0 Å². The van der Waals surface area contributed by atoms with Gasteiger partial charge in [-0.25, -0.2) is 0 Å². The first-order chi connectivity index (χ1) is 12.7. The molecule has 124 valence electrons. The number of aliphatic hydroxyl groups excluding tert-OH is 2. The SMILES string of the molecule is O[C@@H]1C=Cc2c(ccc3c4cccc5ccc6cccc(c23)c6c54)[C@H]1O. The third-order valence-corrected chi connectivity index (χ3v) is 5.83. The van der Waals surface area contributed by atoms with E-state index in [1.165, 1.54) is 37.7 Å². The number of rotatable bonds is 0. The summed E-state index contributed by atoms with van der Waals surface area (Å²) >= 11 is 0. The van der Waals surface area contributed by atoms with Gasteiger partial charge in [0.05, 0.1) is 0 Å². The van der Waals surface area contributed by atoms with E-state index in [1.807, 2.05) is 12.1 Å². The highest BCUT2D eigenvalue weighted by atomic mass is 16.3. The molecule has 0 bridgehead atoms. The molecule has 2 N–H and O–H groups in total. The van der Waals surface area contributed by atoms with Crippen LogP contribution in [-0.2, 0) is 0 Å². The van der Waals surface area contributed by atoms with Crippen LogP contribution in [-0.4, -0.2) is 16.3 Å². The fourth-order valence-electron chi connectivity index (χ4n) is 4.66. The average molecular weight is 336 g/mol. The van der Waals surface area contributed by atoms with Crippen molar-refractivity contribution in [2.45, 2.75) is 12.2 Å². The van der Waals surface area contributed by atoms with Crippen molar-refractivity contribution in [3.05, 3.63) is 77.9 Å². The van der Waals surface area contributed by atoms with Gasteiger partial charge in [-0.1, -0.05) is 72.8 Å². The summed E-state index contributed by atoms with van der Waals surface area (Å²) in [6.45, 7) is 0. The maximum absolute atomic E-state index is 10.5. The zero-order chi connectivity index (χ0) is 17.4. The van der Waals surface area contributed by atoms with Crippen molar-refractivity contribution >= 4 is 49.2 Å². The standard InChI is InChI=1S/C24H16O2/c25-20-12-11-17-18(24(20)26)10-9-16-15-5-1-3-13-7-8-14-4-2-6-19(23(16)17)22(14)21(13)15/h1-12,20,24-26H/t20-,24-/m1/s1. The molecule has 6 rings (SSSR count). The summed E-state index contributed by atoms with van der Waals surface area (Å²) < 4.78 is 0. The maximum Gasteiger partial charge on any atom is 0.109 e. The van der Waals surface area contributed by atoms with Gasteiger partial charge in [0.2, 0.25) is 0 Å². The van der Waals surface area contributed by atoms with Crippen LogP contribution in [0.2, 0.25) is 0 Å². The third kappa shape index (κ3) is 1.63. The van der Waals surface area contributed by atoms with Crippen LogP contribution in [0.25, 0.3) is 49.2 Å². The van der Waals surface area contributed by atoms with E-state index in [9.17, 15) is 10.2 Å². The Hall–Kier alpha value is -2.94. The third-order valence-electron chi connectivity index (χ3n) is 5.83. The molecule has 0 saturated carbocycles. The highest BCUT2D eigenvalue weighted by Crippen LogP contribution is 2.44. The highest BCUT2D eigenvalue weighted by molar-refractivity contribution is 6.34. The smallest absolute Gasteiger partial charge is 0.109 e. The van der Waals surface area contributed by atoms with Gasteiger partial charge in [-0.15, -0.1) is 0 Å². The van der Waals surface area contributed by atoms with E-state index in [-0.39, 0.29) is 0 Å². The first kappa shape index (κ1) is 14.3. The Labute approximate surface area is 149 Å².